The van der Waals surface area contributed by atoms with E-state index in [0.717, 1.165) is 12.0 Å². The summed E-state index contributed by atoms with van der Waals surface area (Å²) < 4.78 is 1.22. The topological polar surface area (TPSA) is 20.2 Å². The predicted octanol–water partition coefficient (Wildman–Crippen LogP) is 4.19. The van der Waals surface area contributed by atoms with E-state index in [-0.39, 0.29) is 6.10 Å². The maximum Gasteiger partial charge on any atom is 0.0838 e. The van der Waals surface area contributed by atoms with E-state index in [1.165, 1.54) is 14.0 Å². The van der Waals surface area contributed by atoms with Crippen molar-refractivity contribution >= 4 is 33.9 Å². The van der Waals surface area contributed by atoms with Gasteiger partial charge in [0.2, 0.25) is 0 Å². The van der Waals surface area contributed by atoms with Gasteiger partial charge in [0.05, 0.1) is 8.99 Å². The average Bonchev–Trinajstić information content (AvgIpc) is 2.77. The molecular weight excluding hydrogens is 343 g/mol. The van der Waals surface area contributed by atoms with Gasteiger partial charge < -0.3 is 5.11 Å². The van der Waals surface area contributed by atoms with Crippen LogP contribution >= 0.6 is 33.9 Å². The van der Waals surface area contributed by atoms with Crippen molar-refractivity contribution < 1.29 is 5.11 Å². The largest absolute Gasteiger partial charge is 0.388 e. The molecular formula is C14H15IOS. The Balaban J connectivity index is 2.04. The van der Waals surface area contributed by atoms with E-state index in [0.29, 0.717) is 6.42 Å². The lowest BCUT2D eigenvalue weighted by Gasteiger charge is -2.09. The highest BCUT2D eigenvalue weighted by molar-refractivity contribution is 14.1. The van der Waals surface area contributed by atoms with Crippen LogP contribution in [0.5, 0.6) is 0 Å². The van der Waals surface area contributed by atoms with Gasteiger partial charge in [0.25, 0.3) is 0 Å². The zero-order valence-electron chi connectivity index (χ0n) is 9.69. The van der Waals surface area contributed by atoms with Crippen LogP contribution in [-0.2, 0) is 12.8 Å². The van der Waals surface area contributed by atoms with Gasteiger partial charge in [-0.25, -0.2) is 0 Å². The van der Waals surface area contributed by atoms with Crippen LogP contribution in [0.4, 0.5) is 0 Å². The smallest absolute Gasteiger partial charge is 0.0838 e. The average molecular weight is 358 g/mol. The minimum atomic E-state index is -0.387. The summed E-state index contributed by atoms with van der Waals surface area (Å²) in [5.74, 6) is 0. The quantitative estimate of drug-likeness (QED) is 0.813. The van der Waals surface area contributed by atoms with E-state index in [1.54, 1.807) is 11.3 Å². The number of hydrogen-bond acceptors (Lipinski definition) is 2. The Morgan fingerprint density at radius 2 is 1.88 bits per heavy atom. The van der Waals surface area contributed by atoms with Gasteiger partial charge in [0, 0.05) is 6.42 Å². The van der Waals surface area contributed by atoms with Gasteiger partial charge in [-0.2, -0.15) is 0 Å². The summed E-state index contributed by atoms with van der Waals surface area (Å²) in [4.78, 5) is 0. The van der Waals surface area contributed by atoms with Crippen molar-refractivity contribution in [1.82, 2.24) is 0 Å². The van der Waals surface area contributed by atoms with Crippen LogP contribution in [0.3, 0.4) is 0 Å². The van der Waals surface area contributed by atoms with Gasteiger partial charge in [-0.3, -0.25) is 0 Å². The van der Waals surface area contributed by atoms with Crippen molar-refractivity contribution in [2.45, 2.75) is 25.9 Å². The summed E-state index contributed by atoms with van der Waals surface area (Å²) in [5, 5.41) is 12.2. The fraction of sp³-hybridized carbons (Fsp3) is 0.286. The standard InChI is InChI=1S/C14H15IOS/c1-2-10-3-5-11(6-4-10)7-13(16)12-8-14(15)17-9-12/h3-6,8-9,13,16H,2,7H2,1H3. The van der Waals surface area contributed by atoms with Crippen molar-refractivity contribution in [3.8, 4) is 0 Å². The highest BCUT2D eigenvalue weighted by Gasteiger charge is 2.10. The molecule has 0 aliphatic rings. The Labute approximate surface area is 120 Å². The highest BCUT2D eigenvalue weighted by Crippen LogP contribution is 2.25. The molecule has 1 nitrogen and oxygen atoms in total. The normalized spacial score (nSPS) is 12.6. The first kappa shape index (κ1) is 13.1. The van der Waals surface area contributed by atoms with Crippen molar-refractivity contribution in [2.24, 2.45) is 0 Å². The monoisotopic (exact) mass is 358 g/mol. The molecule has 0 saturated heterocycles. The van der Waals surface area contributed by atoms with Crippen LogP contribution in [0.25, 0.3) is 0 Å². The maximum absolute atomic E-state index is 10.1. The molecule has 1 aromatic carbocycles. The Bertz CT molecular complexity index is 475. The van der Waals surface area contributed by atoms with Crippen molar-refractivity contribution in [3.63, 3.8) is 0 Å². The molecule has 1 atom stereocenters. The van der Waals surface area contributed by atoms with Gasteiger partial charge in [-0.15, -0.1) is 11.3 Å². The van der Waals surface area contributed by atoms with Gasteiger partial charge in [0.1, 0.15) is 0 Å². The molecule has 0 saturated carbocycles. The number of rotatable bonds is 4. The summed E-state index contributed by atoms with van der Waals surface area (Å²) in [7, 11) is 0. The van der Waals surface area contributed by atoms with Crippen LogP contribution < -0.4 is 0 Å². The van der Waals surface area contributed by atoms with Crippen molar-refractivity contribution in [1.29, 1.82) is 0 Å². The van der Waals surface area contributed by atoms with Crippen molar-refractivity contribution in [3.05, 3.63) is 55.3 Å². The van der Waals surface area contributed by atoms with Crippen molar-refractivity contribution in [2.75, 3.05) is 0 Å². The van der Waals surface area contributed by atoms with E-state index in [1.807, 2.05) is 5.38 Å². The van der Waals surface area contributed by atoms with E-state index in [9.17, 15) is 5.11 Å². The number of aliphatic hydroxyl groups is 1. The number of aryl methyl sites for hydroxylation is 1. The highest BCUT2D eigenvalue weighted by atomic mass is 127. The Morgan fingerprint density at radius 1 is 1.24 bits per heavy atom. The van der Waals surface area contributed by atoms with E-state index >= 15 is 0 Å². The number of thiophene rings is 1. The lowest BCUT2D eigenvalue weighted by atomic mass is 10.0. The predicted molar refractivity (Wildman–Crippen MR) is 81.5 cm³/mol. The maximum atomic E-state index is 10.1. The summed E-state index contributed by atoms with van der Waals surface area (Å²) in [6.45, 7) is 2.15. The van der Waals surface area contributed by atoms with Crippen LogP contribution in [0.15, 0.2) is 35.7 Å². The first-order valence-electron chi connectivity index (χ1n) is 5.69. The summed E-state index contributed by atoms with van der Waals surface area (Å²) in [5.41, 5.74) is 3.56. The third kappa shape index (κ3) is 3.53. The first-order chi connectivity index (χ1) is 8.19. The number of hydrogen-bond donors (Lipinski definition) is 1. The molecule has 1 heterocycles. The third-order valence-electron chi connectivity index (χ3n) is 2.83. The molecule has 1 unspecified atom stereocenters. The molecule has 2 aromatic rings. The molecule has 0 amide bonds. The van der Waals surface area contributed by atoms with Crippen LogP contribution in [-0.4, -0.2) is 5.11 Å². The zero-order chi connectivity index (χ0) is 12.3. The Hall–Kier alpha value is -0.390. The molecule has 17 heavy (non-hydrogen) atoms. The molecule has 0 spiro atoms. The summed E-state index contributed by atoms with van der Waals surface area (Å²) in [6.07, 6.45) is 1.37. The van der Waals surface area contributed by atoms with Crippen LogP contribution in [0.1, 0.15) is 29.7 Å². The van der Waals surface area contributed by atoms with Gasteiger partial charge in [-0.1, -0.05) is 31.2 Å². The van der Waals surface area contributed by atoms with Crippen LogP contribution in [0, 0.1) is 2.88 Å². The van der Waals surface area contributed by atoms with Gasteiger partial charge in [-0.05, 0) is 57.1 Å². The molecule has 0 aliphatic heterocycles. The molecule has 0 bridgehead atoms. The lowest BCUT2D eigenvalue weighted by molar-refractivity contribution is 0.179. The second kappa shape index (κ2) is 5.98. The molecule has 2 rings (SSSR count). The second-order valence-electron chi connectivity index (χ2n) is 4.07. The third-order valence-corrected chi connectivity index (χ3v) is 4.64. The minimum absolute atomic E-state index is 0.387. The Kier molecular flexibility index (Phi) is 4.59. The number of aliphatic hydroxyl groups excluding tert-OH is 1. The SMILES string of the molecule is CCc1ccc(CC(O)c2csc(I)c2)cc1. The summed E-state index contributed by atoms with van der Waals surface area (Å²) >= 11 is 3.96. The van der Waals surface area contributed by atoms with E-state index < -0.39 is 0 Å². The van der Waals surface area contributed by atoms with Gasteiger partial charge in [0.15, 0.2) is 0 Å². The number of halogens is 1. The molecule has 3 heteroatoms. The fourth-order valence-corrected chi connectivity index (χ4v) is 3.17. The number of benzene rings is 1. The molecule has 0 radical (unpaired) electrons. The molecule has 1 aromatic heterocycles. The van der Waals surface area contributed by atoms with E-state index in [2.05, 4.69) is 59.8 Å². The zero-order valence-corrected chi connectivity index (χ0v) is 12.7. The second-order valence-corrected chi connectivity index (χ2v) is 6.88. The van der Waals surface area contributed by atoms with Crippen LogP contribution in [0.2, 0.25) is 0 Å². The Morgan fingerprint density at radius 3 is 2.41 bits per heavy atom. The lowest BCUT2D eigenvalue weighted by Crippen LogP contribution is -2.00. The van der Waals surface area contributed by atoms with E-state index in [4.69, 9.17) is 0 Å². The molecule has 0 aliphatic carbocycles. The summed E-state index contributed by atoms with van der Waals surface area (Å²) in [6, 6.07) is 10.5. The molecule has 1 N–H and O–H groups in total. The molecule has 0 fully saturated rings. The van der Waals surface area contributed by atoms with Gasteiger partial charge >= 0.3 is 0 Å². The fourth-order valence-electron chi connectivity index (χ4n) is 1.75. The minimum Gasteiger partial charge on any atom is -0.388 e. The molecule has 90 valence electrons. The first-order valence-corrected chi connectivity index (χ1v) is 7.64.